The van der Waals surface area contributed by atoms with Crippen LogP contribution in [0.25, 0.3) is 0 Å². The van der Waals surface area contributed by atoms with E-state index in [4.69, 9.17) is 30.8 Å². The van der Waals surface area contributed by atoms with E-state index in [1.807, 2.05) is 12.1 Å². The lowest BCUT2D eigenvalue weighted by Gasteiger charge is -2.27. The molecule has 1 saturated heterocycles. The van der Waals surface area contributed by atoms with Crippen molar-refractivity contribution in [2.75, 3.05) is 53.1 Å². The van der Waals surface area contributed by atoms with Gasteiger partial charge in [-0.3, -0.25) is 4.99 Å². The normalized spacial score (nSPS) is 16.9. The zero-order valence-electron chi connectivity index (χ0n) is 17.4. The fourth-order valence-electron chi connectivity index (χ4n) is 3.59. The Morgan fingerprint density at radius 2 is 1.97 bits per heavy atom. The van der Waals surface area contributed by atoms with E-state index in [1.165, 1.54) is 19.3 Å². The number of aliphatic imine (C=N–C) groups is 1. The number of halogens is 2. The number of hydrogen-bond donors (Lipinski definition) is 1. The van der Waals surface area contributed by atoms with Gasteiger partial charge in [-0.2, -0.15) is 0 Å². The maximum Gasteiger partial charge on any atom is 0.193 e. The first kappa shape index (κ1) is 24.3. The van der Waals surface area contributed by atoms with Gasteiger partial charge in [0.2, 0.25) is 0 Å². The van der Waals surface area contributed by atoms with Crippen LogP contribution in [0.1, 0.15) is 31.7 Å². The topological polar surface area (TPSA) is 55.3 Å². The van der Waals surface area contributed by atoms with E-state index >= 15 is 0 Å². The largest absolute Gasteiger partial charge is 0.486 e. The Kier molecular flexibility index (Phi) is 10.7. The summed E-state index contributed by atoms with van der Waals surface area (Å²) in [4.78, 5) is 7.04. The van der Waals surface area contributed by atoms with Crippen LogP contribution in [0.5, 0.6) is 11.5 Å². The predicted octanol–water partition coefficient (Wildman–Crippen LogP) is 3.99. The lowest BCUT2D eigenvalue weighted by molar-refractivity contribution is 0.0625. The Balaban J connectivity index is 0.00000300. The van der Waals surface area contributed by atoms with Crippen molar-refractivity contribution in [2.45, 2.75) is 32.6 Å². The summed E-state index contributed by atoms with van der Waals surface area (Å²) >= 11 is 6.33. The number of nitrogens with one attached hydrogen (secondary N) is 1. The SMILES string of the molecule is CCNC(=NCCc1cc(Cl)c2c(c1)OCCO2)N(C)CCC1CCOCC1.I. The second kappa shape index (κ2) is 12.7. The first-order valence-electron chi connectivity index (χ1n) is 10.3. The minimum absolute atomic E-state index is 0. The van der Waals surface area contributed by atoms with Gasteiger partial charge in [0.15, 0.2) is 17.5 Å². The number of benzene rings is 1. The molecule has 1 N–H and O–H groups in total. The van der Waals surface area contributed by atoms with Gasteiger partial charge in [-0.25, -0.2) is 0 Å². The molecule has 164 valence electrons. The predicted molar refractivity (Wildman–Crippen MR) is 128 cm³/mol. The Hall–Kier alpha value is -0.930. The van der Waals surface area contributed by atoms with Crippen molar-refractivity contribution in [2.24, 2.45) is 10.9 Å². The van der Waals surface area contributed by atoms with Crippen LogP contribution in [0.3, 0.4) is 0 Å². The van der Waals surface area contributed by atoms with Gasteiger partial charge in [-0.05, 0) is 56.2 Å². The molecule has 0 unspecified atom stereocenters. The van der Waals surface area contributed by atoms with Crippen molar-refractivity contribution in [1.29, 1.82) is 0 Å². The molecule has 2 heterocycles. The molecule has 0 radical (unpaired) electrons. The summed E-state index contributed by atoms with van der Waals surface area (Å²) in [5.74, 6) is 3.11. The number of ether oxygens (including phenoxy) is 3. The van der Waals surface area contributed by atoms with Gasteiger partial charge in [-0.15, -0.1) is 24.0 Å². The van der Waals surface area contributed by atoms with Crippen LogP contribution >= 0.6 is 35.6 Å². The maximum absolute atomic E-state index is 6.33. The van der Waals surface area contributed by atoms with Crippen LogP contribution in [0.15, 0.2) is 17.1 Å². The molecule has 1 fully saturated rings. The summed E-state index contributed by atoms with van der Waals surface area (Å²) in [5.41, 5.74) is 1.11. The minimum atomic E-state index is 0. The van der Waals surface area contributed by atoms with Gasteiger partial charge in [0, 0.05) is 39.9 Å². The van der Waals surface area contributed by atoms with E-state index in [-0.39, 0.29) is 24.0 Å². The molecule has 0 aliphatic carbocycles. The number of nitrogens with zero attached hydrogens (tertiary/aromatic N) is 2. The van der Waals surface area contributed by atoms with E-state index in [0.29, 0.717) is 30.5 Å². The van der Waals surface area contributed by atoms with Crippen molar-refractivity contribution in [3.8, 4) is 11.5 Å². The standard InChI is InChI=1S/C21H32ClN3O3.HI/c1-3-23-21(25(2)9-5-16-6-10-26-11-7-16)24-8-4-17-14-18(22)20-19(15-17)27-12-13-28-20;/h14-16H,3-13H2,1-2H3,(H,23,24);1H. The molecule has 1 aromatic rings. The smallest absolute Gasteiger partial charge is 0.193 e. The van der Waals surface area contributed by atoms with E-state index in [2.05, 4.69) is 24.2 Å². The monoisotopic (exact) mass is 537 g/mol. The summed E-state index contributed by atoms with van der Waals surface area (Å²) < 4.78 is 16.7. The Labute approximate surface area is 196 Å². The van der Waals surface area contributed by atoms with Gasteiger partial charge in [0.1, 0.15) is 13.2 Å². The molecule has 3 rings (SSSR count). The van der Waals surface area contributed by atoms with Crippen LogP contribution in [-0.4, -0.2) is 64.0 Å². The van der Waals surface area contributed by atoms with Crippen molar-refractivity contribution in [3.63, 3.8) is 0 Å². The van der Waals surface area contributed by atoms with E-state index < -0.39 is 0 Å². The second-order valence-electron chi connectivity index (χ2n) is 7.35. The lowest BCUT2D eigenvalue weighted by atomic mass is 9.96. The second-order valence-corrected chi connectivity index (χ2v) is 7.76. The quantitative estimate of drug-likeness (QED) is 0.324. The first-order valence-corrected chi connectivity index (χ1v) is 10.7. The minimum Gasteiger partial charge on any atom is -0.486 e. The summed E-state index contributed by atoms with van der Waals surface area (Å²) in [6.07, 6.45) is 4.33. The molecule has 0 spiro atoms. The van der Waals surface area contributed by atoms with Crippen molar-refractivity contribution < 1.29 is 14.2 Å². The third-order valence-corrected chi connectivity index (χ3v) is 5.51. The van der Waals surface area contributed by atoms with Gasteiger partial charge in [0.25, 0.3) is 0 Å². The number of rotatable bonds is 7. The summed E-state index contributed by atoms with van der Waals surface area (Å²) in [5, 5.41) is 4.01. The number of hydrogen-bond acceptors (Lipinski definition) is 4. The zero-order chi connectivity index (χ0) is 19.8. The van der Waals surface area contributed by atoms with Gasteiger partial charge in [0.05, 0.1) is 5.02 Å². The van der Waals surface area contributed by atoms with E-state index in [0.717, 1.165) is 55.9 Å². The Morgan fingerprint density at radius 1 is 1.21 bits per heavy atom. The molecule has 1 aromatic carbocycles. The molecular weight excluding hydrogens is 505 g/mol. The highest BCUT2D eigenvalue weighted by Gasteiger charge is 2.17. The molecule has 0 amide bonds. The van der Waals surface area contributed by atoms with Crippen molar-refractivity contribution in [3.05, 3.63) is 22.7 Å². The molecule has 0 bridgehead atoms. The van der Waals surface area contributed by atoms with Crippen LogP contribution in [0.4, 0.5) is 0 Å². The molecule has 2 aliphatic rings. The Morgan fingerprint density at radius 3 is 2.72 bits per heavy atom. The lowest BCUT2D eigenvalue weighted by Crippen LogP contribution is -2.40. The van der Waals surface area contributed by atoms with E-state index in [9.17, 15) is 0 Å². The first-order chi connectivity index (χ1) is 13.7. The fourth-order valence-corrected chi connectivity index (χ4v) is 3.87. The molecular formula is C21H33ClIN3O3. The highest BCUT2D eigenvalue weighted by atomic mass is 127. The maximum atomic E-state index is 6.33. The molecule has 0 saturated carbocycles. The fraction of sp³-hybridized carbons (Fsp3) is 0.667. The number of fused-ring (bicyclic) bond motifs is 1. The molecule has 2 aliphatic heterocycles. The molecule has 29 heavy (non-hydrogen) atoms. The highest BCUT2D eigenvalue weighted by molar-refractivity contribution is 14.0. The third kappa shape index (κ3) is 7.36. The summed E-state index contributed by atoms with van der Waals surface area (Å²) in [6.45, 7) is 7.57. The summed E-state index contributed by atoms with van der Waals surface area (Å²) in [6, 6.07) is 3.96. The average Bonchev–Trinajstić information content (AvgIpc) is 2.72. The molecule has 0 atom stereocenters. The van der Waals surface area contributed by atoms with Gasteiger partial charge >= 0.3 is 0 Å². The van der Waals surface area contributed by atoms with Crippen LogP contribution in [0.2, 0.25) is 5.02 Å². The molecule has 6 nitrogen and oxygen atoms in total. The molecule has 8 heteroatoms. The van der Waals surface area contributed by atoms with Crippen molar-refractivity contribution in [1.82, 2.24) is 10.2 Å². The Bertz CT molecular complexity index is 669. The summed E-state index contributed by atoms with van der Waals surface area (Å²) in [7, 11) is 2.11. The number of guanidine groups is 1. The van der Waals surface area contributed by atoms with Gasteiger partial charge in [-0.1, -0.05) is 11.6 Å². The van der Waals surface area contributed by atoms with Gasteiger partial charge < -0.3 is 24.4 Å². The highest BCUT2D eigenvalue weighted by Crippen LogP contribution is 2.38. The average molecular weight is 538 g/mol. The van der Waals surface area contributed by atoms with Crippen LogP contribution in [-0.2, 0) is 11.2 Å². The third-order valence-electron chi connectivity index (χ3n) is 5.23. The van der Waals surface area contributed by atoms with Crippen molar-refractivity contribution >= 4 is 41.5 Å². The van der Waals surface area contributed by atoms with Crippen LogP contribution < -0.4 is 14.8 Å². The van der Waals surface area contributed by atoms with Crippen LogP contribution in [0, 0.1) is 5.92 Å². The van der Waals surface area contributed by atoms with E-state index in [1.54, 1.807) is 0 Å². The zero-order valence-corrected chi connectivity index (χ0v) is 20.5. The molecule has 0 aromatic heterocycles.